The fourth-order valence-electron chi connectivity index (χ4n) is 3.03. The van der Waals surface area contributed by atoms with E-state index in [0.717, 1.165) is 5.56 Å². The molecule has 0 spiro atoms. The third-order valence-corrected chi connectivity index (χ3v) is 4.84. The number of benzene rings is 2. The SMILES string of the molecule is CNC(=O)c1cc(Oc2cccc(C(=O)Nc3cc(C(C)(C)C)ccc3OC)c2)ccn1. The van der Waals surface area contributed by atoms with E-state index >= 15 is 0 Å². The molecule has 32 heavy (non-hydrogen) atoms. The monoisotopic (exact) mass is 433 g/mol. The molecule has 166 valence electrons. The van der Waals surface area contributed by atoms with Gasteiger partial charge in [-0.25, -0.2) is 0 Å². The van der Waals surface area contributed by atoms with Gasteiger partial charge in [-0.1, -0.05) is 32.9 Å². The predicted molar refractivity (Wildman–Crippen MR) is 124 cm³/mol. The van der Waals surface area contributed by atoms with E-state index in [1.54, 1.807) is 37.4 Å². The lowest BCUT2D eigenvalue weighted by Crippen LogP contribution is -2.18. The minimum absolute atomic E-state index is 0.0718. The van der Waals surface area contributed by atoms with E-state index in [-0.39, 0.29) is 22.9 Å². The molecular formula is C25H27N3O4. The molecule has 1 heterocycles. The Hall–Kier alpha value is -3.87. The van der Waals surface area contributed by atoms with Gasteiger partial charge >= 0.3 is 0 Å². The van der Waals surface area contributed by atoms with Crippen LogP contribution < -0.4 is 20.1 Å². The van der Waals surface area contributed by atoms with Crippen molar-refractivity contribution < 1.29 is 19.1 Å². The summed E-state index contributed by atoms with van der Waals surface area (Å²) < 4.78 is 11.3. The molecule has 0 atom stereocenters. The summed E-state index contributed by atoms with van der Waals surface area (Å²) in [5, 5.41) is 5.45. The normalized spacial score (nSPS) is 10.9. The minimum Gasteiger partial charge on any atom is -0.495 e. The number of hydrogen-bond acceptors (Lipinski definition) is 5. The van der Waals surface area contributed by atoms with E-state index in [1.165, 1.54) is 19.3 Å². The van der Waals surface area contributed by atoms with Crippen molar-refractivity contribution in [3.05, 3.63) is 77.6 Å². The van der Waals surface area contributed by atoms with Crippen LogP contribution in [0.2, 0.25) is 0 Å². The molecule has 0 bridgehead atoms. The first-order valence-electron chi connectivity index (χ1n) is 10.2. The zero-order chi connectivity index (χ0) is 23.3. The van der Waals surface area contributed by atoms with Crippen LogP contribution in [0.5, 0.6) is 17.2 Å². The van der Waals surface area contributed by atoms with Crippen LogP contribution >= 0.6 is 0 Å². The fourth-order valence-corrected chi connectivity index (χ4v) is 3.03. The zero-order valence-corrected chi connectivity index (χ0v) is 18.9. The molecule has 0 fully saturated rings. The second-order valence-corrected chi connectivity index (χ2v) is 8.20. The Labute approximate surface area is 187 Å². The van der Waals surface area contributed by atoms with Crippen molar-refractivity contribution in [1.29, 1.82) is 0 Å². The zero-order valence-electron chi connectivity index (χ0n) is 18.9. The average Bonchev–Trinajstić information content (AvgIpc) is 2.78. The molecule has 1 aromatic heterocycles. The number of amides is 2. The molecule has 7 nitrogen and oxygen atoms in total. The molecule has 0 unspecified atom stereocenters. The minimum atomic E-state index is -0.310. The third-order valence-electron chi connectivity index (χ3n) is 4.84. The maximum Gasteiger partial charge on any atom is 0.269 e. The van der Waals surface area contributed by atoms with Gasteiger partial charge in [0.2, 0.25) is 0 Å². The topological polar surface area (TPSA) is 89.5 Å². The largest absolute Gasteiger partial charge is 0.495 e. The molecule has 0 saturated carbocycles. The smallest absolute Gasteiger partial charge is 0.269 e. The number of pyridine rings is 1. The number of methoxy groups -OCH3 is 1. The van der Waals surface area contributed by atoms with Crippen molar-refractivity contribution in [2.45, 2.75) is 26.2 Å². The van der Waals surface area contributed by atoms with E-state index in [0.29, 0.717) is 28.5 Å². The molecule has 3 aromatic rings. The Morgan fingerprint density at radius 3 is 2.38 bits per heavy atom. The molecule has 2 N–H and O–H groups in total. The van der Waals surface area contributed by atoms with E-state index in [9.17, 15) is 9.59 Å². The van der Waals surface area contributed by atoms with Gasteiger partial charge in [-0.15, -0.1) is 0 Å². The molecule has 0 aliphatic carbocycles. The summed E-state index contributed by atoms with van der Waals surface area (Å²) in [6.07, 6.45) is 1.49. The van der Waals surface area contributed by atoms with Crippen molar-refractivity contribution in [3.63, 3.8) is 0 Å². The van der Waals surface area contributed by atoms with Crippen LogP contribution in [0.25, 0.3) is 0 Å². The number of nitrogens with one attached hydrogen (secondary N) is 2. The summed E-state index contributed by atoms with van der Waals surface area (Å²) in [7, 11) is 3.10. The van der Waals surface area contributed by atoms with Crippen LogP contribution in [0.3, 0.4) is 0 Å². The van der Waals surface area contributed by atoms with Gasteiger partial charge in [0.15, 0.2) is 0 Å². The molecular weight excluding hydrogens is 406 g/mol. The molecule has 0 aliphatic heterocycles. The summed E-state index contributed by atoms with van der Waals surface area (Å²) in [4.78, 5) is 28.7. The van der Waals surface area contributed by atoms with Gasteiger partial charge in [-0.05, 0) is 47.4 Å². The lowest BCUT2D eigenvalue weighted by molar-refractivity contribution is 0.0957. The molecule has 7 heteroatoms. The second-order valence-electron chi connectivity index (χ2n) is 8.20. The van der Waals surface area contributed by atoms with E-state index < -0.39 is 0 Å². The average molecular weight is 434 g/mol. The number of aromatic nitrogens is 1. The maximum absolute atomic E-state index is 12.9. The highest BCUT2D eigenvalue weighted by molar-refractivity contribution is 6.05. The number of rotatable bonds is 6. The van der Waals surface area contributed by atoms with Crippen LogP contribution in [0.15, 0.2) is 60.8 Å². The van der Waals surface area contributed by atoms with Gasteiger partial charge in [0.25, 0.3) is 11.8 Å². The Kier molecular flexibility index (Phi) is 6.78. The summed E-state index contributed by atoms with van der Waals surface area (Å²) in [5.74, 6) is 0.880. The Bertz CT molecular complexity index is 1140. The first-order valence-corrected chi connectivity index (χ1v) is 10.2. The Morgan fingerprint density at radius 1 is 0.938 bits per heavy atom. The lowest BCUT2D eigenvalue weighted by Gasteiger charge is -2.21. The Morgan fingerprint density at radius 2 is 1.69 bits per heavy atom. The van der Waals surface area contributed by atoms with Crippen molar-refractivity contribution in [1.82, 2.24) is 10.3 Å². The summed E-state index contributed by atoms with van der Waals surface area (Å²) in [6.45, 7) is 6.32. The van der Waals surface area contributed by atoms with E-state index in [2.05, 4.69) is 36.4 Å². The van der Waals surface area contributed by atoms with Gasteiger partial charge in [0, 0.05) is 24.9 Å². The quantitative estimate of drug-likeness (QED) is 0.583. The van der Waals surface area contributed by atoms with Crippen molar-refractivity contribution in [2.75, 3.05) is 19.5 Å². The van der Waals surface area contributed by atoms with E-state index in [4.69, 9.17) is 9.47 Å². The standard InChI is InChI=1S/C25H27N3O4/c1-25(2,3)17-9-10-22(31-5)20(14-17)28-23(29)16-7-6-8-18(13-16)32-19-11-12-27-21(15-19)24(30)26-4/h6-15H,1-5H3,(H,26,30)(H,28,29). The molecule has 2 aromatic carbocycles. The van der Waals surface area contributed by atoms with Gasteiger partial charge in [0.1, 0.15) is 22.9 Å². The number of anilines is 1. The molecule has 2 amide bonds. The predicted octanol–water partition coefficient (Wildman–Crippen LogP) is 4.79. The molecule has 0 saturated heterocycles. The maximum atomic E-state index is 12.9. The van der Waals surface area contributed by atoms with Crippen LogP contribution in [0.4, 0.5) is 5.69 Å². The fraction of sp³-hybridized carbons (Fsp3) is 0.240. The highest BCUT2D eigenvalue weighted by Gasteiger charge is 2.18. The van der Waals surface area contributed by atoms with Gasteiger partial charge in [0.05, 0.1) is 12.8 Å². The summed E-state index contributed by atoms with van der Waals surface area (Å²) in [5.41, 5.74) is 2.27. The summed E-state index contributed by atoms with van der Waals surface area (Å²) in [6, 6.07) is 15.7. The second kappa shape index (κ2) is 9.51. The van der Waals surface area contributed by atoms with E-state index in [1.807, 2.05) is 18.2 Å². The van der Waals surface area contributed by atoms with Crippen LogP contribution in [0, 0.1) is 0 Å². The van der Waals surface area contributed by atoms with Crippen molar-refractivity contribution in [2.24, 2.45) is 0 Å². The van der Waals surface area contributed by atoms with Crippen LogP contribution in [0.1, 0.15) is 47.2 Å². The molecule has 0 aliphatic rings. The highest BCUT2D eigenvalue weighted by atomic mass is 16.5. The van der Waals surface area contributed by atoms with Crippen LogP contribution in [-0.2, 0) is 5.41 Å². The van der Waals surface area contributed by atoms with Gasteiger partial charge < -0.3 is 20.1 Å². The third kappa shape index (κ3) is 5.43. The Balaban J connectivity index is 1.81. The van der Waals surface area contributed by atoms with Crippen molar-refractivity contribution in [3.8, 4) is 17.2 Å². The number of carbonyl (C=O) groups excluding carboxylic acids is 2. The molecule has 3 rings (SSSR count). The summed E-state index contributed by atoms with van der Waals surface area (Å²) >= 11 is 0. The van der Waals surface area contributed by atoms with Gasteiger partial charge in [-0.2, -0.15) is 0 Å². The number of hydrogen-bond donors (Lipinski definition) is 2. The molecule has 0 radical (unpaired) electrons. The van der Waals surface area contributed by atoms with Gasteiger partial charge in [-0.3, -0.25) is 14.6 Å². The highest BCUT2D eigenvalue weighted by Crippen LogP contribution is 2.32. The van der Waals surface area contributed by atoms with Crippen molar-refractivity contribution >= 4 is 17.5 Å². The lowest BCUT2D eigenvalue weighted by atomic mass is 9.87. The first kappa shape index (κ1) is 22.8. The number of ether oxygens (including phenoxy) is 2. The van der Waals surface area contributed by atoms with Crippen LogP contribution in [-0.4, -0.2) is 31.0 Å². The first-order chi connectivity index (χ1) is 15.2. The number of carbonyl (C=O) groups is 2. The number of nitrogens with zero attached hydrogens (tertiary/aromatic N) is 1.